The molecule has 0 unspecified atom stereocenters. The van der Waals surface area contributed by atoms with Crippen LogP contribution >= 0.6 is 20.7 Å². The van der Waals surface area contributed by atoms with Gasteiger partial charge in [-0.3, -0.25) is 0 Å². The third kappa shape index (κ3) is 1.37. The molecule has 0 aromatic heterocycles. The summed E-state index contributed by atoms with van der Waals surface area (Å²) in [5.41, 5.74) is 0. The molecular weight excluding hydrogens is 187 g/mol. The first-order valence-corrected chi connectivity index (χ1v) is 4.82. The molecule has 0 aliphatic heterocycles. The van der Waals surface area contributed by atoms with Gasteiger partial charge in [0.2, 0.25) is 0 Å². The van der Waals surface area contributed by atoms with Crippen LogP contribution in [-0.2, 0) is 0 Å². The fraction of sp³-hybridized carbons (Fsp3) is 0.800. The molecule has 1 fully saturated rings. The summed E-state index contributed by atoms with van der Waals surface area (Å²) in [6.07, 6.45) is 3.08. The maximum absolute atomic E-state index is 2.37. The van der Waals surface area contributed by atoms with Gasteiger partial charge in [0.25, 0.3) is 0 Å². The summed E-state index contributed by atoms with van der Waals surface area (Å²) in [5.74, 6) is 0. The van der Waals surface area contributed by atoms with Crippen LogP contribution in [0.1, 0.15) is 19.8 Å². The third-order valence-corrected chi connectivity index (χ3v) is 3.79. The van der Waals surface area contributed by atoms with Crippen molar-refractivity contribution in [3.05, 3.63) is 0 Å². The quantitative estimate of drug-likeness (QED) is 0.444. The molecule has 0 spiro atoms. The number of alkyl halides is 1. The van der Waals surface area contributed by atoms with Crippen molar-refractivity contribution >= 4 is 24.7 Å². The second kappa shape index (κ2) is 2.05. The summed E-state index contributed by atoms with van der Waals surface area (Å²) < 4.78 is 3.57. The van der Waals surface area contributed by atoms with E-state index in [1.54, 1.807) is 0 Å². The maximum atomic E-state index is 2.37. The predicted molar refractivity (Wildman–Crippen MR) is 38.8 cm³/mol. The highest BCUT2D eigenvalue weighted by molar-refractivity contribution is 14.2. The van der Waals surface area contributed by atoms with Crippen LogP contribution in [0.2, 0.25) is 0 Å². The van der Waals surface area contributed by atoms with E-state index in [4.69, 9.17) is 0 Å². The Morgan fingerprint density at radius 3 is 2.50 bits per heavy atom. The van der Waals surface area contributed by atoms with Crippen LogP contribution in [0.15, 0.2) is 0 Å². The minimum atomic E-state index is 0.554. The minimum Gasteiger partial charge on any atom is -0.124 e. The molecule has 6 heavy (non-hydrogen) atoms. The van der Waals surface area contributed by atoms with Gasteiger partial charge in [-0.15, -0.1) is 20.7 Å². The first-order chi connectivity index (χ1) is 2.93. The summed E-state index contributed by atoms with van der Waals surface area (Å²) in [6, 6.07) is 0. The molecular formula is C5H9I. The Kier molecular flexibility index (Phi) is 1.62. The van der Waals surface area contributed by atoms with Gasteiger partial charge in [0, 0.05) is 3.92 Å². The molecule has 0 saturated heterocycles. The van der Waals surface area contributed by atoms with E-state index in [1.807, 2.05) is 0 Å². The Morgan fingerprint density at radius 1 is 1.67 bits per heavy atom. The van der Waals surface area contributed by atoms with Crippen molar-refractivity contribution in [2.75, 3.05) is 0 Å². The van der Waals surface area contributed by atoms with Gasteiger partial charge in [0.15, 0.2) is 0 Å². The lowest BCUT2D eigenvalue weighted by Crippen LogP contribution is -1.54. The van der Waals surface area contributed by atoms with Crippen molar-refractivity contribution in [1.29, 1.82) is 0 Å². The zero-order chi connectivity index (χ0) is 4.41. The first-order valence-electron chi connectivity index (χ1n) is 2.33. The standard InChI is InChI=1S/C5H9I/c1-2-6-5-3-4-5/h2,5H,3-4H2,1H3. The highest BCUT2D eigenvalue weighted by Gasteiger charge is 2.17. The van der Waals surface area contributed by atoms with E-state index in [0.29, 0.717) is 20.7 Å². The van der Waals surface area contributed by atoms with Crippen LogP contribution in [0.4, 0.5) is 0 Å². The van der Waals surface area contributed by atoms with E-state index in [9.17, 15) is 0 Å². The summed E-state index contributed by atoms with van der Waals surface area (Å²) >= 11 is 0.554. The van der Waals surface area contributed by atoms with Gasteiger partial charge >= 0.3 is 0 Å². The topological polar surface area (TPSA) is 0 Å². The van der Waals surface area contributed by atoms with Crippen molar-refractivity contribution in [2.45, 2.75) is 23.7 Å². The van der Waals surface area contributed by atoms with Gasteiger partial charge in [-0.25, -0.2) is 0 Å². The Labute approximate surface area is 48.7 Å². The van der Waals surface area contributed by atoms with Gasteiger partial charge in [-0.2, -0.15) is 0 Å². The van der Waals surface area contributed by atoms with Crippen LogP contribution in [0.3, 0.4) is 0 Å². The maximum Gasteiger partial charge on any atom is 0.00599 e. The fourth-order valence-electron chi connectivity index (χ4n) is 0.367. The zero-order valence-corrected chi connectivity index (χ0v) is 6.10. The van der Waals surface area contributed by atoms with Crippen molar-refractivity contribution in [3.63, 3.8) is 0 Å². The van der Waals surface area contributed by atoms with E-state index >= 15 is 0 Å². The Balaban J connectivity index is 2.15. The van der Waals surface area contributed by atoms with Gasteiger partial charge in [-0.1, -0.05) is 4.01 Å². The number of rotatable bonds is 1. The predicted octanol–water partition coefficient (Wildman–Crippen LogP) is 1.94. The van der Waals surface area contributed by atoms with E-state index in [1.165, 1.54) is 16.8 Å². The highest BCUT2D eigenvalue weighted by Crippen LogP contribution is 2.32. The average Bonchev–Trinajstić information content (AvgIpc) is 2.21. The van der Waals surface area contributed by atoms with Crippen LogP contribution in [0.25, 0.3) is 0 Å². The van der Waals surface area contributed by atoms with E-state index < -0.39 is 0 Å². The molecule has 0 amide bonds. The molecule has 1 saturated carbocycles. The Hall–Kier alpha value is 0.600. The van der Waals surface area contributed by atoms with Crippen LogP contribution < -0.4 is 0 Å². The van der Waals surface area contributed by atoms with Crippen LogP contribution in [0, 0.1) is 0 Å². The molecule has 1 aliphatic carbocycles. The first kappa shape index (κ1) is 4.75. The average molecular weight is 196 g/mol. The largest absolute Gasteiger partial charge is 0.124 e. The lowest BCUT2D eigenvalue weighted by Gasteiger charge is -1.68. The molecule has 0 N–H and O–H groups in total. The molecule has 1 rings (SSSR count). The molecule has 1 aliphatic rings. The van der Waals surface area contributed by atoms with Crippen molar-refractivity contribution in [1.82, 2.24) is 0 Å². The summed E-state index contributed by atoms with van der Waals surface area (Å²) in [4.78, 5) is 0. The van der Waals surface area contributed by atoms with E-state index in [2.05, 4.69) is 10.9 Å². The van der Waals surface area contributed by atoms with Crippen molar-refractivity contribution < 1.29 is 0 Å². The summed E-state index contributed by atoms with van der Waals surface area (Å²) in [6.45, 7) is 2.19. The number of hydrogen-bond donors (Lipinski definition) is 0. The summed E-state index contributed by atoms with van der Waals surface area (Å²) in [5, 5.41) is 0. The van der Waals surface area contributed by atoms with Gasteiger partial charge in [-0.05, 0) is 19.8 Å². The smallest absolute Gasteiger partial charge is 0.00599 e. The number of hydrogen-bond acceptors (Lipinski definition) is 0. The second-order valence-electron chi connectivity index (χ2n) is 1.52. The minimum absolute atomic E-state index is 0.554. The van der Waals surface area contributed by atoms with Crippen molar-refractivity contribution in [3.8, 4) is 0 Å². The highest BCUT2D eigenvalue weighted by atomic mass is 127. The Morgan fingerprint density at radius 2 is 2.33 bits per heavy atom. The monoisotopic (exact) mass is 196 g/mol. The molecule has 0 atom stereocenters. The van der Waals surface area contributed by atoms with Crippen LogP contribution in [-0.4, -0.2) is 7.94 Å². The second-order valence-corrected chi connectivity index (χ2v) is 5.25. The third-order valence-electron chi connectivity index (χ3n) is 0.811. The Bertz CT molecular complexity index is 62.3. The van der Waals surface area contributed by atoms with Gasteiger partial charge in [0.05, 0.1) is 0 Å². The summed E-state index contributed by atoms with van der Waals surface area (Å²) in [7, 11) is 0. The SMILES string of the molecule is C/C=I\C1CC1. The molecule has 0 radical (unpaired) electrons. The molecule has 0 aromatic rings. The molecule has 0 nitrogen and oxygen atoms in total. The molecule has 36 valence electrons. The molecule has 0 aromatic carbocycles. The lowest BCUT2D eigenvalue weighted by molar-refractivity contribution is 1.50. The zero-order valence-electron chi connectivity index (χ0n) is 3.95. The van der Waals surface area contributed by atoms with Gasteiger partial charge < -0.3 is 0 Å². The normalized spacial score (nSPS) is 24.2. The lowest BCUT2D eigenvalue weighted by atomic mass is 11.0. The van der Waals surface area contributed by atoms with Crippen molar-refractivity contribution in [2.24, 2.45) is 0 Å². The van der Waals surface area contributed by atoms with E-state index in [-0.39, 0.29) is 0 Å². The van der Waals surface area contributed by atoms with Gasteiger partial charge in [0.1, 0.15) is 0 Å². The van der Waals surface area contributed by atoms with E-state index in [0.717, 1.165) is 0 Å². The molecule has 0 bridgehead atoms. The molecule has 0 heterocycles. The van der Waals surface area contributed by atoms with Crippen LogP contribution in [0.5, 0.6) is 0 Å². The fourth-order valence-corrected chi connectivity index (χ4v) is 2.46. The molecule has 1 heteroatoms. The number of halogens is 1.